The van der Waals surface area contributed by atoms with Gasteiger partial charge in [0.2, 0.25) is 0 Å². The summed E-state index contributed by atoms with van der Waals surface area (Å²) in [4.78, 5) is 0. The van der Waals surface area contributed by atoms with E-state index in [2.05, 4.69) is 5.43 Å². The molecule has 1 fully saturated rings. The molecule has 4 heteroatoms. The lowest BCUT2D eigenvalue weighted by molar-refractivity contribution is 0.297. The first-order valence-electron chi connectivity index (χ1n) is 7.08. The molecule has 0 aromatic heterocycles. The Morgan fingerprint density at radius 3 is 2.32 bits per heavy atom. The van der Waals surface area contributed by atoms with Crippen molar-refractivity contribution in [3.05, 3.63) is 35.4 Å². The van der Waals surface area contributed by atoms with Gasteiger partial charge in [0.25, 0.3) is 0 Å². The van der Waals surface area contributed by atoms with Gasteiger partial charge in [-0.25, -0.2) is 8.78 Å². The molecule has 2 rings (SSSR count). The van der Waals surface area contributed by atoms with E-state index in [-0.39, 0.29) is 6.04 Å². The predicted molar refractivity (Wildman–Crippen MR) is 72.4 cm³/mol. The van der Waals surface area contributed by atoms with E-state index in [1.807, 2.05) is 0 Å². The van der Waals surface area contributed by atoms with Crippen LogP contribution in [0, 0.1) is 17.6 Å². The molecule has 3 N–H and O–H groups in total. The second-order valence-corrected chi connectivity index (χ2v) is 5.59. The lowest BCUT2D eigenvalue weighted by Crippen LogP contribution is -2.38. The smallest absolute Gasteiger partial charge is 0.126 e. The van der Waals surface area contributed by atoms with Crippen LogP contribution in [0.2, 0.25) is 0 Å². The van der Waals surface area contributed by atoms with Crippen molar-refractivity contribution < 1.29 is 8.78 Å². The Kier molecular flexibility index (Phi) is 5.28. The molecule has 1 aliphatic carbocycles. The Morgan fingerprint density at radius 1 is 1.11 bits per heavy atom. The first kappa shape index (κ1) is 14.4. The summed E-state index contributed by atoms with van der Waals surface area (Å²) in [6.07, 6.45) is 7.95. The zero-order valence-corrected chi connectivity index (χ0v) is 11.2. The quantitative estimate of drug-likeness (QED) is 0.635. The van der Waals surface area contributed by atoms with Crippen LogP contribution in [0.3, 0.4) is 0 Å². The van der Waals surface area contributed by atoms with Crippen LogP contribution in [0.4, 0.5) is 8.78 Å². The highest BCUT2D eigenvalue weighted by molar-refractivity contribution is 5.19. The van der Waals surface area contributed by atoms with E-state index in [1.165, 1.54) is 44.2 Å². The SMILES string of the molecule is NNC(Cc1cc(F)cc(F)c1)CC1CCCCC1. The number of benzene rings is 1. The van der Waals surface area contributed by atoms with Gasteiger partial charge in [-0.1, -0.05) is 32.1 Å². The molecule has 1 aromatic rings. The first-order chi connectivity index (χ1) is 9.17. The van der Waals surface area contributed by atoms with Gasteiger partial charge in [0, 0.05) is 12.1 Å². The molecule has 0 heterocycles. The molecule has 0 amide bonds. The second-order valence-electron chi connectivity index (χ2n) is 5.59. The van der Waals surface area contributed by atoms with Gasteiger partial charge in [-0.3, -0.25) is 11.3 Å². The van der Waals surface area contributed by atoms with Crippen molar-refractivity contribution in [2.24, 2.45) is 11.8 Å². The molecule has 1 aromatic carbocycles. The fraction of sp³-hybridized carbons (Fsp3) is 0.600. The van der Waals surface area contributed by atoms with Gasteiger partial charge < -0.3 is 0 Å². The normalized spacial score (nSPS) is 18.5. The summed E-state index contributed by atoms with van der Waals surface area (Å²) in [5, 5.41) is 0. The molecule has 1 saturated carbocycles. The fourth-order valence-corrected chi connectivity index (χ4v) is 3.05. The van der Waals surface area contributed by atoms with Crippen LogP contribution in [0.15, 0.2) is 18.2 Å². The molecule has 0 aliphatic heterocycles. The lowest BCUT2D eigenvalue weighted by atomic mass is 9.84. The highest BCUT2D eigenvalue weighted by atomic mass is 19.1. The second kappa shape index (κ2) is 6.96. The lowest BCUT2D eigenvalue weighted by Gasteiger charge is -2.26. The number of hydrogen-bond acceptors (Lipinski definition) is 2. The molecular formula is C15H22F2N2. The number of hydrazine groups is 1. The van der Waals surface area contributed by atoms with E-state index in [4.69, 9.17) is 5.84 Å². The molecular weight excluding hydrogens is 246 g/mol. The molecule has 1 aliphatic rings. The van der Waals surface area contributed by atoms with Gasteiger partial charge in [-0.15, -0.1) is 0 Å². The monoisotopic (exact) mass is 268 g/mol. The summed E-state index contributed by atoms with van der Waals surface area (Å²) in [7, 11) is 0. The third-order valence-electron chi connectivity index (χ3n) is 3.98. The first-order valence-corrected chi connectivity index (χ1v) is 7.08. The molecule has 1 unspecified atom stereocenters. The highest BCUT2D eigenvalue weighted by Gasteiger charge is 2.19. The van der Waals surface area contributed by atoms with Crippen molar-refractivity contribution in [3.8, 4) is 0 Å². The average molecular weight is 268 g/mol. The van der Waals surface area contributed by atoms with Crippen LogP contribution in [0.1, 0.15) is 44.1 Å². The highest BCUT2D eigenvalue weighted by Crippen LogP contribution is 2.28. The molecule has 0 radical (unpaired) electrons. The van der Waals surface area contributed by atoms with Crippen LogP contribution in [0.5, 0.6) is 0 Å². The topological polar surface area (TPSA) is 38.0 Å². The Labute approximate surface area is 113 Å². The number of rotatable bonds is 5. The summed E-state index contributed by atoms with van der Waals surface area (Å²) in [6.45, 7) is 0. The summed E-state index contributed by atoms with van der Waals surface area (Å²) in [6, 6.07) is 3.75. The van der Waals surface area contributed by atoms with Crippen LogP contribution in [-0.2, 0) is 6.42 Å². The summed E-state index contributed by atoms with van der Waals surface area (Å²) in [5.74, 6) is 5.22. The Morgan fingerprint density at radius 2 is 1.74 bits per heavy atom. The summed E-state index contributed by atoms with van der Waals surface area (Å²) < 4.78 is 26.3. The van der Waals surface area contributed by atoms with Crippen LogP contribution in [0.25, 0.3) is 0 Å². The van der Waals surface area contributed by atoms with Gasteiger partial charge in [-0.2, -0.15) is 0 Å². The molecule has 19 heavy (non-hydrogen) atoms. The van der Waals surface area contributed by atoms with Crippen LogP contribution >= 0.6 is 0 Å². The minimum Gasteiger partial charge on any atom is -0.271 e. The summed E-state index contributed by atoms with van der Waals surface area (Å²) >= 11 is 0. The minimum atomic E-state index is -0.525. The maximum Gasteiger partial charge on any atom is 0.126 e. The number of halogens is 2. The van der Waals surface area contributed by atoms with Crippen molar-refractivity contribution in [2.45, 2.75) is 51.0 Å². The van der Waals surface area contributed by atoms with E-state index in [0.29, 0.717) is 17.9 Å². The number of nitrogens with two attached hydrogens (primary N) is 1. The Balaban J connectivity index is 1.93. The number of hydrogen-bond donors (Lipinski definition) is 2. The third-order valence-corrected chi connectivity index (χ3v) is 3.98. The van der Waals surface area contributed by atoms with Crippen LogP contribution in [-0.4, -0.2) is 6.04 Å². The zero-order valence-electron chi connectivity index (χ0n) is 11.2. The van der Waals surface area contributed by atoms with E-state index in [0.717, 1.165) is 12.5 Å². The molecule has 0 spiro atoms. The number of nitrogens with one attached hydrogen (secondary N) is 1. The van der Waals surface area contributed by atoms with Crippen molar-refractivity contribution in [1.82, 2.24) is 5.43 Å². The standard InChI is InChI=1S/C15H22F2N2/c16-13-6-12(7-14(17)10-13)9-15(19-18)8-11-4-2-1-3-5-11/h6-7,10-11,15,19H,1-5,8-9,18H2. The predicted octanol–water partition coefficient (Wildman–Crippen LogP) is 3.31. The Bertz CT molecular complexity index is 383. The minimum absolute atomic E-state index is 0.0873. The molecule has 0 saturated heterocycles. The average Bonchev–Trinajstić information content (AvgIpc) is 2.38. The van der Waals surface area contributed by atoms with Crippen molar-refractivity contribution in [3.63, 3.8) is 0 Å². The maximum atomic E-state index is 13.1. The van der Waals surface area contributed by atoms with E-state index in [1.54, 1.807) is 0 Å². The van der Waals surface area contributed by atoms with E-state index < -0.39 is 11.6 Å². The third kappa shape index (κ3) is 4.55. The summed E-state index contributed by atoms with van der Waals surface area (Å²) in [5.41, 5.74) is 3.46. The van der Waals surface area contributed by atoms with Gasteiger partial charge in [0.1, 0.15) is 11.6 Å². The molecule has 106 valence electrons. The van der Waals surface area contributed by atoms with Gasteiger partial charge in [-0.05, 0) is 36.5 Å². The molecule has 0 bridgehead atoms. The van der Waals surface area contributed by atoms with Gasteiger partial charge >= 0.3 is 0 Å². The van der Waals surface area contributed by atoms with E-state index in [9.17, 15) is 8.78 Å². The zero-order chi connectivity index (χ0) is 13.7. The molecule has 2 nitrogen and oxygen atoms in total. The fourth-order valence-electron chi connectivity index (χ4n) is 3.05. The largest absolute Gasteiger partial charge is 0.271 e. The maximum absolute atomic E-state index is 13.1. The van der Waals surface area contributed by atoms with Gasteiger partial charge in [0.05, 0.1) is 0 Å². The Hall–Kier alpha value is -1.00. The van der Waals surface area contributed by atoms with Crippen molar-refractivity contribution >= 4 is 0 Å². The van der Waals surface area contributed by atoms with Crippen LogP contribution < -0.4 is 11.3 Å². The van der Waals surface area contributed by atoms with Gasteiger partial charge in [0.15, 0.2) is 0 Å². The molecule has 1 atom stereocenters. The van der Waals surface area contributed by atoms with Crippen molar-refractivity contribution in [1.29, 1.82) is 0 Å². The van der Waals surface area contributed by atoms with Crippen molar-refractivity contribution in [2.75, 3.05) is 0 Å². The van der Waals surface area contributed by atoms with E-state index >= 15 is 0 Å².